The van der Waals surface area contributed by atoms with E-state index in [9.17, 15) is 0 Å². The van der Waals surface area contributed by atoms with Crippen molar-refractivity contribution in [3.63, 3.8) is 0 Å². The molecule has 2 aromatic carbocycles. The molecular weight excluding hydrogens is 258 g/mol. The molecule has 0 saturated carbocycles. The fourth-order valence-corrected chi connectivity index (χ4v) is 2.63. The Balaban J connectivity index is 2.35. The Bertz CT molecular complexity index is 560. The standard InChI is InChI=1S/C19H27NO/c1-4-13-20-14-18-17-10-8-7-9-15(17)11-12-19(18)21-16(5-2)6-3/h7-12,16,20H,4-6,13-14H2,1-3H3. The molecule has 2 rings (SSSR count). The van der Waals surface area contributed by atoms with Crippen LogP contribution in [0.25, 0.3) is 10.8 Å². The number of hydrogen-bond acceptors (Lipinski definition) is 2. The minimum absolute atomic E-state index is 0.302. The largest absolute Gasteiger partial charge is 0.490 e. The molecule has 0 bridgehead atoms. The fraction of sp³-hybridized carbons (Fsp3) is 0.474. The van der Waals surface area contributed by atoms with E-state index in [2.05, 4.69) is 62.5 Å². The lowest BCUT2D eigenvalue weighted by Gasteiger charge is -2.20. The molecule has 0 amide bonds. The van der Waals surface area contributed by atoms with Crippen LogP contribution in [0.1, 0.15) is 45.6 Å². The summed E-state index contributed by atoms with van der Waals surface area (Å²) in [6, 6.07) is 12.8. The summed E-state index contributed by atoms with van der Waals surface area (Å²) < 4.78 is 6.24. The molecule has 0 heterocycles. The zero-order valence-electron chi connectivity index (χ0n) is 13.5. The Labute approximate surface area is 128 Å². The first-order chi connectivity index (χ1) is 10.3. The Morgan fingerprint density at radius 1 is 1.00 bits per heavy atom. The number of ether oxygens (including phenoxy) is 1. The van der Waals surface area contributed by atoms with Gasteiger partial charge in [-0.2, -0.15) is 0 Å². The molecule has 1 N–H and O–H groups in total. The van der Waals surface area contributed by atoms with E-state index in [-0.39, 0.29) is 0 Å². The average Bonchev–Trinajstić information content (AvgIpc) is 2.54. The third kappa shape index (κ3) is 3.98. The molecule has 0 fully saturated rings. The first kappa shape index (κ1) is 15.8. The Kier molecular flexibility index (Phi) is 6.06. The first-order valence-corrected chi connectivity index (χ1v) is 8.18. The van der Waals surface area contributed by atoms with Gasteiger partial charge < -0.3 is 10.1 Å². The van der Waals surface area contributed by atoms with E-state index in [1.165, 1.54) is 16.3 Å². The second kappa shape index (κ2) is 8.04. The second-order valence-corrected chi connectivity index (χ2v) is 5.50. The summed E-state index contributed by atoms with van der Waals surface area (Å²) >= 11 is 0. The van der Waals surface area contributed by atoms with Gasteiger partial charge in [0.15, 0.2) is 0 Å². The van der Waals surface area contributed by atoms with Crippen LogP contribution in [0.2, 0.25) is 0 Å². The van der Waals surface area contributed by atoms with Crippen molar-refractivity contribution in [1.29, 1.82) is 0 Å². The molecular formula is C19H27NO. The zero-order chi connectivity index (χ0) is 15.1. The smallest absolute Gasteiger partial charge is 0.124 e. The van der Waals surface area contributed by atoms with E-state index in [0.29, 0.717) is 6.10 Å². The van der Waals surface area contributed by atoms with Crippen molar-refractivity contribution >= 4 is 10.8 Å². The maximum atomic E-state index is 6.24. The summed E-state index contributed by atoms with van der Waals surface area (Å²) in [5.41, 5.74) is 1.29. The Hall–Kier alpha value is -1.54. The van der Waals surface area contributed by atoms with Gasteiger partial charge in [-0.1, -0.05) is 51.1 Å². The van der Waals surface area contributed by atoms with Gasteiger partial charge in [-0.15, -0.1) is 0 Å². The Morgan fingerprint density at radius 2 is 1.76 bits per heavy atom. The molecule has 2 heteroatoms. The first-order valence-electron chi connectivity index (χ1n) is 8.18. The second-order valence-electron chi connectivity index (χ2n) is 5.50. The van der Waals surface area contributed by atoms with Crippen LogP contribution in [-0.2, 0) is 6.54 Å². The van der Waals surface area contributed by atoms with Crippen molar-refractivity contribution < 1.29 is 4.74 Å². The summed E-state index contributed by atoms with van der Waals surface area (Å²) in [7, 11) is 0. The van der Waals surface area contributed by atoms with Gasteiger partial charge in [-0.05, 0) is 42.6 Å². The molecule has 21 heavy (non-hydrogen) atoms. The number of rotatable bonds is 8. The van der Waals surface area contributed by atoms with E-state index in [1.807, 2.05) is 0 Å². The van der Waals surface area contributed by atoms with Crippen LogP contribution >= 0.6 is 0 Å². The molecule has 0 aliphatic heterocycles. The van der Waals surface area contributed by atoms with Gasteiger partial charge in [-0.25, -0.2) is 0 Å². The van der Waals surface area contributed by atoms with Gasteiger partial charge in [0.25, 0.3) is 0 Å². The molecule has 0 spiro atoms. The van der Waals surface area contributed by atoms with Gasteiger partial charge in [-0.3, -0.25) is 0 Å². The number of hydrogen-bond donors (Lipinski definition) is 1. The van der Waals surface area contributed by atoms with Crippen LogP contribution in [-0.4, -0.2) is 12.6 Å². The summed E-state index contributed by atoms with van der Waals surface area (Å²) in [4.78, 5) is 0. The molecule has 114 valence electrons. The van der Waals surface area contributed by atoms with Crippen molar-refractivity contribution in [3.8, 4) is 5.75 Å². The molecule has 0 atom stereocenters. The highest BCUT2D eigenvalue weighted by Crippen LogP contribution is 2.29. The van der Waals surface area contributed by atoms with E-state index >= 15 is 0 Å². The van der Waals surface area contributed by atoms with Crippen LogP contribution < -0.4 is 10.1 Å². The molecule has 2 aromatic rings. The summed E-state index contributed by atoms with van der Waals surface area (Å²) in [5, 5.41) is 6.09. The molecule has 0 unspecified atom stereocenters. The molecule has 0 saturated heterocycles. The van der Waals surface area contributed by atoms with E-state index in [4.69, 9.17) is 4.74 Å². The number of fused-ring (bicyclic) bond motifs is 1. The molecule has 2 nitrogen and oxygen atoms in total. The normalized spacial score (nSPS) is 11.2. The third-order valence-electron chi connectivity index (χ3n) is 3.93. The lowest BCUT2D eigenvalue weighted by Crippen LogP contribution is -2.18. The van der Waals surface area contributed by atoms with E-state index in [0.717, 1.165) is 38.1 Å². The third-order valence-corrected chi connectivity index (χ3v) is 3.93. The predicted octanol–water partition coefficient (Wildman–Crippen LogP) is 4.91. The van der Waals surface area contributed by atoms with Crippen molar-refractivity contribution in [2.45, 2.75) is 52.7 Å². The molecule has 0 radical (unpaired) electrons. The minimum atomic E-state index is 0.302. The van der Waals surface area contributed by atoms with E-state index < -0.39 is 0 Å². The van der Waals surface area contributed by atoms with Crippen molar-refractivity contribution in [1.82, 2.24) is 5.32 Å². The van der Waals surface area contributed by atoms with Gasteiger partial charge in [0.1, 0.15) is 5.75 Å². The lowest BCUT2D eigenvalue weighted by molar-refractivity contribution is 0.191. The molecule has 0 aliphatic rings. The summed E-state index contributed by atoms with van der Waals surface area (Å²) in [5.74, 6) is 1.03. The average molecular weight is 285 g/mol. The van der Waals surface area contributed by atoms with Crippen molar-refractivity contribution in [3.05, 3.63) is 42.0 Å². The quantitative estimate of drug-likeness (QED) is 0.696. The maximum Gasteiger partial charge on any atom is 0.124 e. The van der Waals surface area contributed by atoms with Crippen LogP contribution in [0.3, 0.4) is 0 Å². The fourth-order valence-electron chi connectivity index (χ4n) is 2.63. The summed E-state index contributed by atoms with van der Waals surface area (Å²) in [6.45, 7) is 8.46. The molecule has 0 aliphatic carbocycles. The van der Waals surface area contributed by atoms with Crippen LogP contribution in [0.4, 0.5) is 0 Å². The van der Waals surface area contributed by atoms with Crippen molar-refractivity contribution in [2.75, 3.05) is 6.54 Å². The zero-order valence-corrected chi connectivity index (χ0v) is 13.5. The highest BCUT2D eigenvalue weighted by molar-refractivity contribution is 5.87. The topological polar surface area (TPSA) is 21.3 Å². The van der Waals surface area contributed by atoms with Crippen LogP contribution in [0, 0.1) is 0 Å². The predicted molar refractivity (Wildman–Crippen MR) is 90.9 cm³/mol. The van der Waals surface area contributed by atoms with Crippen LogP contribution in [0.15, 0.2) is 36.4 Å². The minimum Gasteiger partial charge on any atom is -0.490 e. The highest BCUT2D eigenvalue weighted by Gasteiger charge is 2.12. The SMILES string of the molecule is CCCNCc1c(OC(CC)CC)ccc2ccccc12. The van der Waals surface area contributed by atoms with Crippen LogP contribution in [0.5, 0.6) is 5.75 Å². The lowest BCUT2D eigenvalue weighted by atomic mass is 10.0. The van der Waals surface area contributed by atoms with Gasteiger partial charge >= 0.3 is 0 Å². The maximum absolute atomic E-state index is 6.24. The number of benzene rings is 2. The Morgan fingerprint density at radius 3 is 2.48 bits per heavy atom. The van der Waals surface area contributed by atoms with Gasteiger partial charge in [0.05, 0.1) is 6.10 Å². The monoisotopic (exact) mass is 285 g/mol. The van der Waals surface area contributed by atoms with Gasteiger partial charge in [0, 0.05) is 12.1 Å². The van der Waals surface area contributed by atoms with Gasteiger partial charge in [0.2, 0.25) is 0 Å². The molecule has 0 aromatic heterocycles. The number of nitrogens with one attached hydrogen (secondary N) is 1. The summed E-state index contributed by atoms with van der Waals surface area (Å²) in [6.07, 6.45) is 3.54. The highest BCUT2D eigenvalue weighted by atomic mass is 16.5. The van der Waals surface area contributed by atoms with Crippen molar-refractivity contribution in [2.24, 2.45) is 0 Å². The van der Waals surface area contributed by atoms with E-state index in [1.54, 1.807) is 0 Å².